The number of rotatable bonds is 4. The molecule has 0 aliphatic carbocycles. The molecule has 112 valence electrons. The Kier molecular flexibility index (Phi) is 4.25. The lowest BCUT2D eigenvalue weighted by Crippen LogP contribution is -2.47. The number of halogens is 1. The second kappa shape index (κ2) is 6.49. The Morgan fingerprint density at radius 1 is 1.14 bits per heavy atom. The molecule has 1 aliphatic heterocycles. The van der Waals surface area contributed by atoms with Crippen LogP contribution in [0.2, 0.25) is 5.02 Å². The van der Waals surface area contributed by atoms with Crippen molar-refractivity contribution < 1.29 is 9.53 Å². The number of benzene rings is 2. The number of nitrogens with zero attached hydrogens (tertiary/aromatic N) is 1. The zero-order chi connectivity index (χ0) is 15.4. The van der Waals surface area contributed by atoms with Crippen molar-refractivity contribution in [3.8, 4) is 5.75 Å². The highest BCUT2D eigenvalue weighted by atomic mass is 35.5. The minimum absolute atomic E-state index is 0.103. The lowest BCUT2D eigenvalue weighted by molar-refractivity contribution is -0.120. The third-order valence-corrected chi connectivity index (χ3v) is 3.44. The molecule has 5 nitrogen and oxygen atoms in total. The fourth-order valence-electron chi connectivity index (χ4n) is 2.02. The minimum Gasteiger partial charge on any atom is -0.487 e. The zero-order valence-corrected chi connectivity index (χ0v) is 12.4. The Hall–Kier alpha value is -2.53. The number of hydrogen-bond donors (Lipinski definition) is 2. The van der Waals surface area contributed by atoms with Gasteiger partial charge in [-0.3, -0.25) is 20.6 Å². The molecular weight excluding hydrogens is 302 g/mol. The van der Waals surface area contributed by atoms with Gasteiger partial charge >= 0.3 is 0 Å². The normalized spacial score (nSPS) is 13.9. The van der Waals surface area contributed by atoms with Crippen molar-refractivity contribution >= 4 is 23.3 Å². The predicted molar refractivity (Wildman–Crippen MR) is 84.9 cm³/mol. The van der Waals surface area contributed by atoms with Crippen LogP contribution in [0.1, 0.15) is 11.1 Å². The van der Waals surface area contributed by atoms with Crippen LogP contribution in [0.3, 0.4) is 0 Å². The second-order valence-electron chi connectivity index (χ2n) is 4.76. The second-order valence-corrected chi connectivity index (χ2v) is 5.16. The number of hydrogen-bond acceptors (Lipinski definition) is 4. The average Bonchev–Trinajstić information content (AvgIpc) is 2.55. The van der Waals surface area contributed by atoms with Gasteiger partial charge in [0.25, 0.3) is 5.91 Å². The van der Waals surface area contributed by atoms with Gasteiger partial charge in [0.2, 0.25) is 0 Å². The Balaban J connectivity index is 1.71. The molecule has 6 heteroatoms. The monoisotopic (exact) mass is 315 g/mol. The fraction of sp³-hybridized carbons (Fsp3) is 0.125. The van der Waals surface area contributed by atoms with Crippen LogP contribution in [-0.4, -0.2) is 18.3 Å². The lowest BCUT2D eigenvalue weighted by atomic mass is 10.2. The van der Waals surface area contributed by atoms with Crippen molar-refractivity contribution in [2.24, 2.45) is 4.99 Å². The van der Waals surface area contributed by atoms with E-state index in [-0.39, 0.29) is 12.5 Å². The molecule has 0 atom stereocenters. The molecule has 0 unspecified atom stereocenters. The minimum atomic E-state index is -0.169. The van der Waals surface area contributed by atoms with Crippen LogP contribution in [-0.2, 0) is 11.4 Å². The summed E-state index contributed by atoms with van der Waals surface area (Å²) >= 11 is 6.25. The maximum Gasteiger partial charge on any atom is 0.260 e. The first-order valence-corrected chi connectivity index (χ1v) is 7.16. The van der Waals surface area contributed by atoms with E-state index in [4.69, 9.17) is 16.3 Å². The molecule has 22 heavy (non-hydrogen) atoms. The van der Waals surface area contributed by atoms with E-state index in [9.17, 15) is 4.79 Å². The SMILES string of the molecule is O=C1CN=C(c2ccc(OCc3ccccc3)c(Cl)c2)NN1. The van der Waals surface area contributed by atoms with Gasteiger partial charge in [-0.2, -0.15) is 0 Å². The number of nitrogens with one attached hydrogen (secondary N) is 2. The molecule has 0 saturated heterocycles. The number of aliphatic imine (C=N–C) groups is 1. The van der Waals surface area contributed by atoms with E-state index in [1.807, 2.05) is 36.4 Å². The molecule has 0 radical (unpaired) electrons. The van der Waals surface area contributed by atoms with Crippen molar-refractivity contribution in [2.45, 2.75) is 6.61 Å². The number of carbonyl (C=O) groups is 1. The highest BCUT2D eigenvalue weighted by Crippen LogP contribution is 2.26. The molecular formula is C16H14ClN3O2. The van der Waals surface area contributed by atoms with E-state index in [1.54, 1.807) is 12.1 Å². The molecule has 0 bridgehead atoms. The number of carbonyl (C=O) groups excluding carboxylic acids is 1. The van der Waals surface area contributed by atoms with Crippen molar-refractivity contribution in [3.05, 3.63) is 64.7 Å². The van der Waals surface area contributed by atoms with Gasteiger partial charge < -0.3 is 4.74 Å². The quantitative estimate of drug-likeness (QED) is 0.910. The first-order chi connectivity index (χ1) is 10.7. The van der Waals surface area contributed by atoms with E-state index >= 15 is 0 Å². The van der Waals surface area contributed by atoms with Crippen LogP contribution >= 0.6 is 11.6 Å². The third-order valence-electron chi connectivity index (χ3n) is 3.14. The third kappa shape index (κ3) is 3.38. The number of hydrazine groups is 1. The van der Waals surface area contributed by atoms with Crippen LogP contribution < -0.4 is 15.6 Å². The summed E-state index contributed by atoms with van der Waals surface area (Å²) in [5, 5.41) is 0.495. The van der Waals surface area contributed by atoms with Gasteiger partial charge in [0.05, 0.1) is 5.02 Å². The van der Waals surface area contributed by atoms with E-state index in [2.05, 4.69) is 15.8 Å². The summed E-state index contributed by atoms with van der Waals surface area (Å²) in [6.45, 7) is 0.557. The molecule has 0 saturated carbocycles. The zero-order valence-electron chi connectivity index (χ0n) is 11.7. The van der Waals surface area contributed by atoms with Crippen LogP contribution in [0, 0.1) is 0 Å². The summed E-state index contributed by atoms with van der Waals surface area (Å²) < 4.78 is 5.72. The highest BCUT2D eigenvalue weighted by molar-refractivity contribution is 6.32. The summed E-state index contributed by atoms with van der Waals surface area (Å²) in [7, 11) is 0. The van der Waals surface area contributed by atoms with Gasteiger partial charge in [0, 0.05) is 5.56 Å². The maximum absolute atomic E-state index is 11.1. The Bertz CT molecular complexity index is 717. The predicted octanol–water partition coefficient (Wildman–Crippen LogP) is 2.30. The molecule has 0 spiro atoms. The summed E-state index contributed by atoms with van der Waals surface area (Å²) in [5.41, 5.74) is 7.12. The average molecular weight is 316 g/mol. The van der Waals surface area contributed by atoms with Gasteiger partial charge in [-0.15, -0.1) is 0 Å². The fourth-order valence-corrected chi connectivity index (χ4v) is 2.26. The van der Waals surface area contributed by atoms with Crippen molar-refractivity contribution in [3.63, 3.8) is 0 Å². The summed E-state index contributed by atoms with van der Waals surface area (Å²) in [5.74, 6) is 1.02. The molecule has 2 aromatic rings. The van der Waals surface area contributed by atoms with Crippen molar-refractivity contribution in [1.29, 1.82) is 0 Å². The van der Waals surface area contributed by atoms with Crippen LogP contribution in [0.25, 0.3) is 0 Å². The Labute approximate surface area is 132 Å². The molecule has 0 aromatic heterocycles. The highest BCUT2D eigenvalue weighted by Gasteiger charge is 2.13. The van der Waals surface area contributed by atoms with E-state index < -0.39 is 0 Å². The van der Waals surface area contributed by atoms with Crippen LogP contribution in [0.4, 0.5) is 0 Å². The molecule has 1 heterocycles. The van der Waals surface area contributed by atoms with Crippen LogP contribution in [0.15, 0.2) is 53.5 Å². The number of amides is 1. The molecule has 0 fully saturated rings. The summed E-state index contributed by atoms with van der Waals surface area (Å²) in [4.78, 5) is 15.2. The molecule has 1 amide bonds. The molecule has 2 aromatic carbocycles. The van der Waals surface area contributed by atoms with E-state index in [0.717, 1.165) is 11.1 Å². The first-order valence-electron chi connectivity index (χ1n) is 6.78. The number of ether oxygens (including phenoxy) is 1. The van der Waals surface area contributed by atoms with Gasteiger partial charge in [-0.1, -0.05) is 41.9 Å². The smallest absolute Gasteiger partial charge is 0.260 e. The van der Waals surface area contributed by atoms with Gasteiger partial charge in [-0.25, -0.2) is 0 Å². The molecule has 3 rings (SSSR count). The first kappa shape index (κ1) is 14.4. The summed E-state index contributed by atoms with van der Waals surface area (Å²) in [6.07, 6.45) is 0. The van der Waals surface area contributed by atoms with E-state index in [1.165, 1.54) is 0 Å². The van der Waals surface area contributed by atoms with Gasteiger partial charge in [0.1, 0.15) is 24.7 Å². The number of amidine groups is 1. The summed E-state index contributed by atoms with van der Waals surface area (Å²) in [6, 6.07) is 15.3. The van der Waals surface area contributed by atoms with E-state index in [0.29, 0.717) is 23.2 Å². The lowest BCUT2D eigenvalue weighted by Gasteiger charge is -2.16. The van der Waals surface area contributed by atoms with Crippen molar-refractivity contribution in [1.82, 2.24) is 10.9 Å². The standard InChI is InChI=1S/C16H14ClN3O2/c17-13-8-12(16-18-9-15(21)19-20-16)6-7-14(13)22-10-11-4-2-1-3-5-11/h1-8H,9-10H2,(H,18,20)(H,19,21). The largest absolute Gasteiger partial charge is 0.487 e. The van der Waals surface area contributed by atoms with Crippen LogP contribution in [0.5, 0.6) is 5.75 Å². The maximum atomic E-state index is 11.1. The Morgan fingerprint density at radius 3 is 2.64 bits per heavy atom. The molecule has 2 N–H and O–H groups in total. The van der Waals surface area contributed by atoms with Gasteiger partial charge in [-0.05, 0) is 23.8 Å². The topological polar surface area (TPSA) is 62.7 Å². The molecule has 1 aliphatic rings. The van der Waals surface area contributed by atoms with Gasteiger partial charge in [0.15, 0.2) is 0 Å². The Morgan fingerprint density at radius 2 is 1.95 bits per heavy atom. The van der Waals surface area contributed by atoms with Crippen molar-refractivity contribution in [2.75, 3.05) is 6.54 Å².